The molecule has 0 radical (unpaired) electrons. The zero-order valence-electron chi connectivity index (χ0n) is 18.8. The summed E-state index contributed by atoms with van der Waals surface area (Å²) in [6.07, 6.45) is 1.34. The molecule has 0 bridgehead atoms. The van der Waals surface area contributed by atoms with Crippen molar-refractivity contribution >= 4 is 60.4 Å². The van der Waals surface area contributed by atoms with Crippen molar-refractivity contribution in [3.05, 3.63) is 106 Å². The Bertz CT molecular complexity index is 1530. The van der Waals surface area contributed by atoms with Crippen molar-refractivity contribution < 1.29 is 18.3 Å². The van der Waals surface area contributed by atoms with Gasteiger partial charge in [-0.2, -0.15) is 9.41 Å². The maximum atomic E-state index is 13.4. The van der Waals surface area contributed by atoms with E-state index < -0.39 is 22.5 Å². The quantitative estimate of drug-likeness (QED) is 0.216. The highest BCUT2D eigenvalue weighted by Crippen LogP contribution is 2.25. The molecule has 0 saturated carbocycles. The number of hydrogen-bond acceptors (Lipinski definition) is 5. The molecule has 0 fully saturated rings. The zero-order chi connectivity index (χ0) is 25.7. The summed E-state index contributed by atoms with van der Waals surface area (Å²) in [6, 6.07) is 23.6. The summed E-state index contributed by atoms with van der Waals surface area (Å²) in [5.74, 6) is -0.630. The van der Waals surface area contributed by atoms with Crippen LogP contribution in [0.4, 0.5) is 0 Å². The van der Waals surface area contributed by atoms with Crippen LogP contribution in [0, 0.1) is 0 Å². The number of phenolic OH excluding ortho intramolecular Hbond substituents is 1. The van der Waals surface area contributed by atoms with E-state index >= 15 is 0 Å². The first kappa shape index (κ1) is 25.8. The number of sulfonamides is 1. The number of carbonyl (C=O) groups is 1. The molecule has 0 aromatic heterocycles. The zero-order valence-corrected chi connectivity index (χ0v) is 22.0. The van der Waals surface area contributed by atoms with Gasteiger partial charge in [0.15, 0.2) is 0 Å². The van der Waals surface area contributed by atoms with Crippen molar-refractivity contribution in [2.24, 2.45) is 5.10 Å². The highest BCUT2D eigenvalue weighted by molar-refractivity contribution is 9.10. The fraction of sp³-hybridized carbons (Fsp3) is 0.0769. The summed E-state index contributed by atoms with van der Waals surface area (Å²) >= 11 is 9.25. The van der Waals surface area contributed by atoms with Gasteiger partial charge >= 0.3 is 0 Å². The Morgan fingerprint density at radius 2 is 1.69 bits per heavy atom. The molecule has 1 amide bonds. The van der Waals surface area contributed by atoms with Crippen molar-refractivity contribution in [1.82, 2.24) is 9.73 Å². The van der Waals surface area contributed by atoms with Gasteiger partial charge in [-0.15, -0.1) is 0 Å². The minimum absolute atomic E-state index is 0.00822. The van der Waals surface area contributed by atoms with Crippen LogP contribution in [0.1, 0.15) is 11.1 Å². The predicted molar refractivity (Wildman–Crippen MR) is 145 cm³/mol. The lowest BCUT2D eigenvalue weighted by molar-refractivity contribution is -0.121. The van der Waals surface area contributed by atoms with Gasteiger partial charge in [-0.25, -0.2) is 13.8 Å². The van der Waals surface area contributed by atoms with E-state index in [1.807, 2.05) is 24.3 Å². The van der Waals surface area contributed by atoms with Crippen LogP contribution >= 0.6 is 27.5 Å². The topological polar surface area (TPSA) is 99.1 Å². The molecule has 0 heterocycles. The summed E-state index contributed by atoms with van der Waals surface area (Å²) in [5, 5.41) is 16.4. The maximum absolute atomic E-state index is 13.4. The van der Waals surface area contributed by atoms with Gasteiger partial charge in [-0.1, -0.05) is 70.0 Å². The lowest BCUT2D eigenvalue weighted by Crippen LogP contribution is -2.39. The van der Waals surface area contributed by atoms with Crippen LogP contribution in [0.3, 0.4) is 0 Å². The van der Waals surface area contributed by atoms with Crippen LogP contribution in [0.2, 0.25) is 5.02 Å². The Morgan fingerprint density at radius 3 is 2.42 bits per heavy atom. The van der Waals surface area contributed by atoms with Crippen LogP contribution in [0.25, 0.3) is 10.8 Å². The number of nitrogens with one attached hydrogen (secondary N) is 1. The number of halogens is 2. The first-order valence-corrected chi connectivity index (χ1v) is 13.4. The molecule has 4 aromatic rings. The standard InChI is InChI=1S/C26H21BrClN3O4S/c27-20-8-12-22(13-9-20)36(34,35)31(16-18-5-10-21(28)11-6-18)17-26(33)30-29-15-24-23-4-2-1-3-19(23)7-14-25(24)32/h1-15,32H,16-17H2,(H,30,33)/b29-15-. The molecule has 36 heavy (non-hydrogen) atoms. The van der Waals surface area contributed by atoms with E-state index in [4.69, 9.17) is 11.6 Å². The highest BCUT2D eigenvalue weighted by atomic mass is 79.9. The van der Waals surface area contributed by atoms with E-state index in [0.29, 0.717) is 16.1 Å². The molecule has 184 valence electrons. The molecule has 0 unspecified atom stereocenters. The number of carbonyl (C=O) groups excluding carboxylic acids is 1. The second-order valence-electron chi connectivity index (χ2n) is 7.87. The number of fused-ring (bicyclic) bond motifs is 1. The van der Waals surface area contributed by atoms with Crippen molar-refractivity contribution in [2.45, 2.75) is 11.4 Å². The van der Waals surface area contributed by atoms with E-state index in [9.17, 15) is 18.3 Å². The average molecular weight is 587 g/mol. The summed E-state index contributed by atoms with van der Waals surface area (Å²) in [4.78, 5) is 12.8. The molecule has 0 spiro atoms. The van der Waals surface area contributed by atoms with E-state index in [1.165, 1.54) is 18.3 Å². The molecular formula is C26H21BrClN3O4S. The number of amides is 1. The second kappa shape index (κ2) is 11.2. The van der Waals surface area contributed by atoms with E-state index in [1.54, 1.807) is 48.5 Å². The normalized spacial score (nSPS) is 11.9. The lowest BCUT2D eigenvalue weighted by atomic mass is 10.0. The molecule has 7 nitrogen and oxygen atoms in total. The van der Waals surface area contributed by atoms with E-state index in [2.05, 4.69) is 26.5 Å². The van der Waals surface area contributed by atoms with Gasteiger partial charge in [0.25, 0.3) is 5.91 Å². The predicted octanol–water partition coefficient (Wildman–Crippen LogP) is 5.30. The number of hydrazone groups is 1. The van der Waals surface area contributed by atoms with Crippen LogP contribution in [-0.4, -0.2) is 36.5 Å². The number of hydrogen-bond donors (Lipinski definition) is 2. The van der Waals surface area contributed by atoms with Crippen LogP contribution in [-0.2, 0) is 21.4 Å². The van der Waals surface area contributed by atoms with E-state index in [-0.39, 0.29) is 17.2 Å². The number of rotatable bonds is 8. The molecule has 4 aromatic carbocycles. The Hall–Kier alpha value is -3.24. The number of nitrogens with zero attached hydrogens (tertiary/aromatic N) is 2. The van der Waals surface area contributed by atoms with Crippen LogP contribution in [0.5, 0.6) is 5.75 Å². The third-order valence-electron chi connectivity index (χ3n) is 5.37. The molecule has 0 aliphatic rings. The van der Waals surface area contributed by atoms with Gasteiger partial charge in [0.05, 0.1) is 17.7 Å². The van der Waals surface area contributed by atoms with Crippen molar-refractivity contribution in [2.75, 3.05) is 6.54 Å². The van der Waals surface area contributed by atoms with Crippen LogP contribution in [0.15, 0.2) is 99.4 Å². The first-order valence-electron chi connectivity index (χ1n) is 10.8. The first-order chi connectivity index (χ1) is 17.2. The molecule has 2 N–H and O–H groups in total. The minimum atomic E-state index is -4.01. The Labute approximate surface area is 222 Å². The lowest BCUT2D eigenvalue weighted by Gasteiger charge is -2.21. The largest absolute Gasteiger partial charge is 0.507 e. The summed E-state index contributed by atoms with van der Waals surface area (Å²) in [7, 11) is -4.01. The van der Waals surface area contributed by atoms with Crippen molar-refractivity contribution in [3.8, 4) is 5.75 Å². The number of aromatic hydroxyl groups is 1. The fourth-order valence-electron chi connectivity index (χ4n) is 3.56. The Balaban J connectivity index is 1.55. The van der Waals surface area contributed by atoms with Gasteiger partial charge in [0.2, 0.25) is 10.0 Å². The highest BCUT2D eigenvalue weighted by Gasteiger charge is 2.27. The third-order valence-corrected chi connectivity index (χ3v) is 7.96. The monoisotopic (exact) mass is 585 g/mol. The molecule has 0 aliphatic carbocycles. The van der Waals surface area contributed by atoms with Gasteiger partial charge in [0, 0.05) is 21.6 Å². The Kier molecular flexibility index (Phi) is 8.05. The van der Waals surface area contributed by atoms with Gasteiger partial charge in [-0.05, 0) is 58.8 Å². The summed E-state index contributed by atoms with van der Waals surface area (Å²) in [6.45, 7) is -0.517. The molecular weight excluding hydrogens is 566 g/mol. The molecule has 0 atom stereocenters. The third kappa shape index (κ3) is 6.11. The Morgan fingerprint density at radius 1 is 1.00 bits per heavy atom. The van der Waals surface area contributed by atoms with Crippen molar-refractivity contribution in [1.29, 1.82) is 0 Å². The average Bonchev–Trinajstić information content (AvgIpc) is 2.86. The second-order valence-corrected chi connectivity index (χ2v) is 11.2. The summed E-state index contributed by atoms with van der Waals surface area (Å²) in [5.41, 5.74) is 3.47. The van der Waals surface area contributed by atoms with Crippen LogP contribution < -0.4 is 5.43 Å². The number of phenols is 1. The van der Waals surface area contributed by atoms with Gasteiger partial charge < -0.3 is 5.11 Å². The maximum Gasteiger partial charge on any atom is 0.255 e. The minimum Gasteiger partial charge on any atom is -0.507 e. The van der Waals surface area contributed by atoms with Gasteiger partial charge in [-0.3, -0.25) is 4.79 Å². The molecule has 4 rings (SSSR count). The summed E-state index contributed by atoms with van der Waals surface area (Å²) < 4.78 is 28.5. The SMILES string of the molecule is O=C(CN(Cc1ccc(Cl)cc1)S(=O)(=O)c1ccc(Br)cc1)N/N=C\c1c(O)ccc2ccccc12. The van der Waals surface area contributed by atoms with Gasteiger partial charge in [0.1, 0.15) is 5.75 Å². The van der Waals surface area contributed by atoms with Crippen molar-refractivity contribution in [3.63, 3.8) is 0 Å². The molecule has 0 saturated heterocycles. The molecule has 10 heteroatoms. The van der Waals surface area contributed by atoms with E-state index in [0.717, 1.165) is 19.6 Å². The fourth-order valence-corrected chi connectivity index (χ4v) is 5.33. The number of benzene rings is 4. The smallest absolute Gasteiger partial charge is 0.255 e. The molecule has 0 aliphatic heterocycles.